The van der Waals surface area contributed by atoms with Crippen molar-refractivity contribution in [2.75, 3.05) is 55.7 Å². The number of hydrogen-bond donors (Lipinski definition) is 2. The second kappa shape index (κ2) is 10.3. The second-order valence-electron chi connectivity index (χ2n) is 12.9. The Kier molecular flexibility index (Phi) is 6.53. The summed E-state index contributed by atoms with van der Waals surface area (Å²) in [5.41, 5.74) is 3.50. The van der Waals surface area contributed by atoms with Crippen LogP contribution < -0.4 is 19.9 Å². The van der Waals surface area contributed by atoms with Gasteiger partial charge in [0.15, 0.2) is 0 Å². The number of phenols is 1. The average molecular weight is 620 g/mol. The van der Waals surface area contributed by atoms with Crippen LogP contribution in [-0.2, 0) is 13.0 Å². The molecule has 0 spiro atoms. The molecule has 2 bridgehead atoms. The summed E-state index contributed by atoms with van der Waals surface area (Å²) >= 11 is 3.77. The van der Waals surface area contributed by atoms with Gasteiger partial charge in [-0.1, -0.05) is 28.1 Å². The summed E-state index contributed by atoms with van der Waals surface area (Å²) < 4.78 is 7.60. The van der Waals surface area contributed by atoms with Crippen molar-refractivity contribution < 1.29 is 9.84 Å². The maximum atomic E-state index is 10.6. The number of ether oxygens (including phenoxy) is 1. The van der Waals surface area contributed by atoms with Gasteiger partial charge in [0.1, 0.15) is 18.2 Å². The van der Waals surface area contributed by atoms with Gasteiger partial charge in [-0.25, -0.2) is 0 Å². The monoisotopic (exact) mass is 618 g/mol. The second-order valence-corrected chi connectivity index (χ2v) is 13.7. The molecule has 2 aromatic carbocycles. The van der Waals surface area contributed by atoms with Crippen molar-refractivity contribution in [3.05, 3.63) is 46.1 Å². The fourth-order valence-electron chi connectivity index (χ4n) is 8.32. The van der Waals surface area contributed by atoms with Crippen LogP contribution in [0, 0.1) is 5.92 Å². The molecular weight excluding hydrogens is 580 g/mol. The highest BCUT2D eigenvalue weighted by Crippen LogP contribution is 2.41. The minimum absolute atomic E-state index is 0.157. The zero-order valence-corrected chi connectivity index (χ0v) is 25.2. The Morgan fingerprint density at radius 2 is 1.95 bits per heavy atom. The standard InChI is InChI=1S/C32H39BrN6O2/c33-26-5-1-4-22-15-24(40)16-28(29(22)26)37-13-7-25-27(19-37)35-31(41-20-32-8-2-10-39(32)11-3-9-32)36-30(25)38-12-6-21-14-23(18-38)34-17-21/h1,4-5,15-16,21,23,34,40H,2-3,6-14,17-20H2. The molecule has 9 heteroatoms. The van der Waals surface area contributed by atoms with Crippen LogP contribution in [0.3, 0.4) is 0 Å². The van der Waals surface area contributed by atoms with E-state index < -0.39 is 0 Å². The summed E-state index contributed by atoms with van der Waals surface area (Å²) in [6.07, 6.45) is 8.25. The molecule has 8 nitrogen and oxygen atoms in total. The van der Waals surface area contributed by atoms with Crippen LogP contribution in [0.2, 0.25) is 0 Å². The molecule has 0 aliphatic carbocycles. The van der Waals surface area contributed by atoms with Gasteiger partial charge in [-0.3, -0.25) is 4.90 Å². The first-order valence-corrected chi connectivity index (χ1v) is 16.3. The van der Waals surface area contributed by atoms with Crippen LogP contribution in [-0.4, -0.2) is 77.4 Å². The fraction of sp³-hybridized carbons (Fsp3) is 0.562. The normalized spacial score (nSPS) is 25.4. The maximum absolute atomic E-state index is 10.6. The number of hydrogen-bond acceptors (Lipinski definition) is 8. The summed E-state index contributed by atoms with van der Waals surface area (Å²) in [7, 11) is 0. The van der Waals surface area contributed by atoms with Gasteiger partial charge in [-0.05, 0) is 88.0 Å². The third-order valence-corrected chi connectivity index (χ3v) is 11.1. The van der Waals surface area contributed by atoms with Crippen molar-refractivity contribution in [2.24, 2.45) is 5.92 Å². The van der Waals surface area contributed by atoms with Gasteiger partial charge < -0.3 is 25.0 Å². The van der Waals surface area contributed by atoms with Gasteiger partial charge in [0.2, 0.25) is 0 Å². The lowest BCUT2D eigenvalue weighted by atomic mass is 9.95. The highest BCUT2D eigenvalue weighted by Gasteiger charge is 2.45. The number of nitrogens with zero attached hydrogens (tertiary/aromatic N) is 5. The minimum atomic E-state index is 0.157. The maximum Gasteiger partial charge on any atom is 0.318 e. The van der Waals surface area contributed by atoms with Crippen molar-refractivity contribution >= 4 is 38.2 Å². The van der Waals surface area contributed by atoms with Crippen molar-refractivity contribution in [3.8, 4) is 11.8 Å². The van der Waals surface area contributed by atoms with E-state index in [9.17, 15) is 5.11 Å². The van der Waals surface area contributed by atoms with Gasteiger partial charge in [0.05, 0.1) is 17.8 Å². The van der Waals surface area contributed by atoms with Crippen LogP contribution in [0.1, 0.15) is 49.8 Å². The number of nitrogens with one attached hydrogen (secondary N) is 1. The summed E-state index contributed by atoms with van der Waals surface area (Å²) in [5.74, 6) is 2.13. The fourth-order valence-corrected chi connectivity index (χ4v) is 8.91. The molecule has 4 saturated heterocycles. The van der Waals surface area contributed by atoms with E-state index in [-0.39, 0.29) is 11.3 Å². The van der Waals surface area contributed by atoms with E-state index in [1.807, 2.05) is 18.2 Å². The number of rotatable bonds is 5. The Hall–Kier alpha value is -2.62. The predicted octanol–water partition coefficient (Wildman–Crippen LogP) is 4.86. The molecule has 0 amide bonds. The number of benzene rings is 2. The molecule has 4 fully saturated rings. The largest absolute Gasteiger partial charge is 0.508 e. The zero-order chi connectivity index (χ0) is 27.6. The number of aromatic hydroxyl groups is 1. The lowest BCUT2D eigenvalue weighted by Gasteiger charge is -2.35. The summed E-state index contributed by atoms with van der Waals surface area (Å²) in [4.78, 5) is 17.8. The quantitative estimate of drug-likeness (QED) is 0.420. The Morgan fingerprint density at radius 3 is 2.83 bits per heavy atom. The van der Waals surface area contributed by atoms with Gasteiger partial charge in [0.25, 0.3) is 0 Å². The van der Waals surface area contributed by atoms with E-state index in [4.69, 9.17) is 14.7 Å². The number of halogens is 1. The Labute approximate surface area is 250 Å². The molecule has 6 heterocycles. The third kappa shape index (κ3) is 4.64. The van der Waals surface area contributed by atoms with E-state index in [1.54, 1.807) is 0 Å². The summed E-state index contributed by atoms with van der Waals surface area (Å²) in [6, 6.07) is 10.9. The number of aromatic nitrogens is 2. The topological polar surface area (TPSA) is 77.0 Å². The summed E-state index contributed by atoms with van der Waals surface area (Å²) in [5, 5.41) is 16.5. The van der Waals surface area contributed by atoms with E-state index in [0.717, 1.165) is 71.0 Å². The number of anilines is 2. The SMILES string of the molecule is Oc1cc(N2CCc3c(nc(OCC45CCCN4CCC5)nc3N3CCC4CNC(C4)C3)C2)c2c(Br)cccc2c1. The smallest absolute Gasteiger partial charge is 0.318 e. The van der Waals surface area contributed by atoms with Crippen LogP contribution in [0.4, 0.5) is 11.5 Å². The number of fused-ring (bicyclic) bond motifs is 5. The molecular formula is C32H39BrN6O2. The predicted molar refractivity (Wildman–Crippen MR) is 165 cm³/mol. The molecule has 2 unspecified atom stereocenters. The Bertz CT molecular complexity index is 1470. The highest BCUT2D eigenvalue weighted by atomic mass is 79.9. The van der Waals surface area contributed by atoms with Gasteiger partial charge >= 0.3 is 6.01 Å². The molecule has 2 atom stereocenters. The van der Waals surface area contributed by atoms with Crippen LogP contribution in [0.5, 0.6) is 11.8 Å². The summed E-state index contributed by atoms with van der Waals surface area (Å²) in [6.45, 7) is 7.73. The van der Waals surface area contributed by atoms with Crippen molar-refractivity contribution in [3.63, 3.8) is 0 Å². The first-order chi connectivity index (χ1) is 20.0. The van der Waals surface area contributed by atoms with E-state index >= 15 is 0 Å². The Balaban J connectivity index is 1.15. The van der Waals surface area contributed by atoms with E-state index in [0.29, 0.717) is 25.2 Å². The van der Waals surface area contributed by atoms with E-state index in [2.05, 4.69) is 48.1 Å². The Morgan fingerprint density at radius 1 is 1.07 bits per heavy atom. The first-order valence-electron chi connectivity index (χ1n) is 15.5. The molecule has 0 saturated carbocycles. The molecule has 8 rings (SSSR count). The molecule has 2 N–H and O–H groups in total. The molecule has 0 radical (unpaired) electrons. The van der Waals surface area contributed by atoms with Crippen molar-refractivity contribution in [2.45, 2.75) is 63.1 Å². The molecule has 5 aliphatic rings. The first kappa shape index (κ1) is 26.0. The van der Waals surface area contributed by atoms with Crippen LogP contribution in [0.25, 0.3) is 10.8 Å². The van der Waals surface area contributed by atoms with Gasteiger partial charge in [0, 0.05) is 52.9 Å². The van der Waals surface area contributed by atoms with Crippen molar-refractivity contribution in [1.82, 2.24) is 20.2 Å². The van der Waals surface area contributed by atoms with Crippen LogP contribution in [0.15, 0.2) is 34.8 Å². The highest BCUT2D eigenvalue weighted by molar-refractivity contribution is 9.10. The molecule has 1 aromatic heterocycles. The molecule has 5 aliphatic heterocycles. The average Bonchev–Trinajstić information content (AvgIpc) is 3.64. The van der Waals surface area contributed by atoms with Gasteiger partial charge in [-0.2, -0.15) is 9.97 Å². The molecule has 41 heavy (non-hydrogen) atoms. The van der Waals surface area contributed by atoms with Gasteiger partial charge in [-0.15, -0.1) is 0 Å². The number of phenolic OH excluding ortho intramolecular Hbond substituents is 1. The lowest BCUT2D eigenvalue weighted by Crippen LogP contribution is -2.44. The lowest BCUT2D eigenvalue weighted by molar-refractivity contribution is 0.107. The van der Waals surface area contributed by atoms with Crippen molar-refractivity contribution in [1.29, 1.82) is 0 Å². The molecule has 3 aromatic rings. The van der Waals surface area contributed by atoms with Crippen LogP contribution >= 0.6 is 15.9 Å². The molecule has 216 valence electrons. The minimum Gasteiger partial charge on any atom is -0.508 e. The van der Waals surface area contributed by atoms with E-state index in [1.165, 1.54) is 57.2 Å². The zero-order valence-electron chi connectivity index (χ0n) is 23.6. The third-order valence-electron chi connectivity index (χ3n) is 10.4.